The molecule has 0 radical (unpaired) electrons. The van der Waals surface area contributed by atoms with E-state index in [4.69, 9.17) is 0 Å². The van der Waals surface area contributed by atoms with Crippen LogP contribution in [0.1, 0.15) is 56.4 Å². The molecule has 15 heavy (non-hydrogen) atoms. The molecular weight excluding hydrogens is 204 g/mol. The lowest BCUT2D eigenvalue weighted by molar-refractivity contribution is 0.753. The van der Waals surface area contributed by atoms with Gasteiger partial charge in [0.05, 0.1) is 5.69 Å². The molecule has 1 aliphatic rings. The van der Waals surface area contributed by atoms with Gasteiger partial charge in [0.15, 0.2) is 0 Å². The first-order valence-electron chi connectivity index (χ1n) is 5.62. The van der Waals surface area contributed by atoms with Gasteiger partial charge in [-0.15, -0.1) is 0 Å². The van der Waals surface area contributed by atoms with E-state index < -0.39 is 0 Å². The molecule has 1 aromatic heterocycles. The summed E-state index contributed by atoms with van der Waals surface area (Å²) in [4.78, 5) is 9.10. The second-order valence-corrected chi connectivity index (χ2v) is 4.73. The molecule has 0 atom stereocenters. The summed E-state index contributed by atoms with van der Waals surface area (Å²) in [6, 6.07) is 0. The molecule has 1 aliphatic heterocycles. The van der Waals surface area contributed by atoms with Crippen molar-refractivity contribution in [1.29, 1.82) is 0 Å². The maximum Gasteiger partial charge on any atom is 0.131 e. The highest BCUT2D eigenvalue weighted by molar-refractivity contribution is 7.98. The van der Waals surface area contributed by atoms with E-state index in [9.17, 15) is 0 Å². The Bertz CT molecular complexity index is 335. The van der Waals surface area contributed by atoms with Gasteiger partial charge in [-0.2, -0.15) is 11.8 Å². The first kappa shape index (κ1) is 12.5. The number of hydrogen-bond donors (Lipinski definition) is 0. The minimum Gasteiger partial charge on any atom is -0.238 e. The van der Waals surface area contributed by atoms with E-state index in [-0.39, 0.29) is 0 Å². The van der Waals surface area contributed by atoms with Crippen molar-refractivity contribution in [1.82, 2.24) is 9.97 Å². The third-order valence-electron chi connectivity index (χ3n) is 2.32. The number of aromatic nitrogens is 2. The molecule has 2 heterocycles. The van der Waals surface area contributed by atoms with Crippen molar-refractivity contribution in [3.8, 4) is 0 Å². The summed E-state index contributed by atoms with van der Waals surface area (Å²) < 4.78 is 0. The highest BCUT2D eigenvalue weighted by Crippen LogP contribution is 2.30. The molecule has 3 heteroatoms. The van der Waals surface area contributed by atoms with Gasteiger partial charge in [-0.05, 0) is 6.92 Å². The lowest BCUT2D eigenvalue weighted by atomic mass is 10.1. The Balaban J connectivity index is 0.000000531. The minimum atomic E-state index is 0.439. The van der Waals surface area contributed by atoms with Crippen LogP contribution in [0.25, 0.3) is 0 Å². The summed E-state index contributed by atoms with van der Waals surface area (Å²) in [7, 11) is 0. The van der Waals surface area contributed by atoms with Crippen molar-refractivity contribution in [2.45, 2.75) is 52.0 Å². The van der Waals surface area contributed by atoms with Crippen molar-refractivity contribution >= 4 is 11.8 Å². The van der Waals surface area contributed by atoms with Gasteiger partial charge in [0, 0.05) is 28.7 Å². The first-order chi connectivity index (χ1) is 7.18. The summed E-state index contributed by atoms with van der Waals surface area (Å²) in [5.41, 5.74) is 3.81. The van der Waals surface area contributed by atoms with Gasteiger partial charge >= 0.3 is 0 Å². The molecular formula is C12H20N2S. The van der Waals surface area contributed by atoms with Gasteiger partial charge < -0.3 is 0 Å². The average molecular weight is 224 g/mol. The Hall–Kier alpha value is -0.570. The van der Waals surface area contributed by atoms with Crippen LogP contribution in [-0.2, 0) is 11.5 Å². The van der Waals surface area contributed by atoms with Crippen molar-refractivity contribution in [3.63, 3.8) is 0 Å². The zero-order chi connectivity index (χ0) is 11.4. The topological polar surface area (TPSA) is 25.8 Å². The largest absolute Gasteiger partial charge is 0.238 e. The van der Waals surface area contributed by atoms with Gasteiger partial charge in [-0.1, -0.05) is 27.7 Å². The zero-order valence-corrected chi connectivity index (χ0v) is 11.1. The Morgan fingerprint density at radius 3 is 2.40 bits per heavy atom. The normalized spacial score (nSPS) is 13.5. The average Bonchev–Trinajstić information content (AvgIpc) is 2.69. The molecule has 1 aromatic rings. The van der Waals surface area contributed by atoms with E-state index in [1.165, 1.54) is 17.0 Å². The van der Waals surface area contributed by atoms with Crippen molar-refractivity contribution in [2.24, 2.45) is 0 Å². The fourth-order valence-electron chi connectivity index (χ4n) is 1.49. The van der Waals surface area contributed by atoms with Gasteiger partial charge in [-0.3, -0.25) is 0 Å². The summed E-state index contributed by atoms with van der Waals surface area (Å²) in [6.07, 6.45) is 0. The molecule has 0 unspecified atom stereocenters. The maximum absolute atomic E-state index is 4.58. The smallest absolute Gasteiger partial charge is 0.131 e. The van der Waals surface area contributed by atoms with Gasteiger partial charge in [0.2, 0.25) is 0 Å². The van der Waals surface area contributed by atoms with E-state index >= 15 is 0 Å². The molecule has 0 saturated carbocycles. The van der Waals surface area contributed by atoms with Crippen LogP contribution in [0.15, 0.2) is 0 Å². The fourth-order valence-corrected chi connectivity index (χ4v) is 2.61. The number of fused-ring (bicyclic) bond motifs is 1. The summed E-state index contributed by atoms with van der Waals surface area (Å²) in [5.74, 6) is 3.60. The van der Waals surface area contributed by atoms with Crippen LogP contribution in [-0.4, -0.2) is 9.97 Å². The quantitative estimate of drug-likeness (QED) is 0.727. The van der Waals surface area contributed by atoms with Crippen LogP contribution in [0.2, 0.25) is 0 Å². The SMILES string of the molecule is CC.Cc1nc(C(C)C)nc2c1CSC2. The summed E-state index contributed by atoms with van der Waals surface area (Å²) >= 11 is 1.93. The molecule has 84 valence electrons. The molecule has 0 aromatic carbocycles. The standard InChI is InChI=1S/C10H14N2S.C2H6/c1-6(2)10-11-7(3)8-4-13-5-9(8)12-10;1-2/h6H,4-5H2,1-3H3;1-2H3. The first-order valence-corrected chi connectivity index (χ1v) is 6.78. The van der Waals surface area contributed by atoms with E-state index in [0.29, 0.717) is 5.92 Å². The molecule has 0 aliphatic carbocycles. The second kappa shape index (κ2) is 5.50. The van der Waals surface area contributed by atoms with Gasteiger partial charge in [0.1, 0.15) is 5.82 Å². The molecule has 0 amide bonds. The number of nitrogens with zero attached hydrogens (tertiary/aromatic N) is 2. The molecule has 2 nitrogen and oxygen atoms in total. The minimum absolute atomic E-state index is 0.439. The number of rotatable bonds is 1. The van der Waals surface area contributed by atoms with Crippen LogP contribution in [0.4, 0.5) is 0 Å². The maximum atomic E-state index is 4.58. The van der Waals surface area contributed by atoms with Crippen LogP contribution in [0.5, 0.6) is 0 Å². The Morgan fingerprint density at radius 2 is 1.80 bits per heavy atom. The predicted octanol–water partition coefficient (Wildman–Crippen LogP) is 3.68. The second-order valence-electron chi connectivity index (χ2n) is 3.74. The summed E-state index contributed by atoms with van der Waals surface area (Å²) in [6.45, 7) is 10.4. The number of thioether (sulfide) groups is 1. The zero-order valence-electron chi connectivity index (χ0n) is 10.3. The monoisotopic (exact) mass is 224 g/mol. The highest BCUT2D eigenvalue weighted by atomic mass is 32.2. The molecule has 2 rings (SSSR count). The lowest BCUT2D eigenvalue weighted by Crippen LogP contribution is -2.04. The van der Waals surface area contributed by atoms with Crippen molar-refractivity contribution < 1.29 is 0 Å². The van der Waals surface area contributed by atoms with Crippen molar-refractivity contribution in [2.75, 3.05) is 0 Å². The lowest BCUT2D eigenvalue weighted by Gasteiger charge is -2.08. The van der Waals surface area contributed by atoms with E-state index in [0.717, 1.165) is 17.3 Å². The molecule has 0 saturated heterocycles. The van der Waals surface area contributed by atoms with Crippen LogP contribution in [0.3, 0.4) is 0 Å². The molecule has 0 bridgehead atoms. The van der Waals surface area contributed by atoms with E-state index in [2.05, 4.69) is 30.7 Å². The van der Waals surface area contributed by atoms with Crippen LogP contribution >= 0.6 is 11.8 Å². The molecule has 0 fully saturated rings. The predicted molar refractivity (Wildman–Crippen MR) is 67.2 cm³/mol. The Morgan fingerprint density at radius 1 is 1.13 bits per heavy atom. The Kier molecular flexibility index (Phi) is 4.58. The number of hydrogen-bond acceptors (Lipinski definition) is 3. The Labute approximate surface area is 96.9 Å². The third kappa shape index (κ3) is 2.71. The van der Waals surface area contributed by atoms with Crippen molar-refractivity contribution in [3.05, 3.63) is 22.8 Å². The highest BCUT2D eigenvalue weighted by Gasteiger charge is 2.17. The third-order valence-corrected chi connectivity index (χ3v) is 3.29. The van der Waals surface area contributed by atoms with E-state index in [1.807, 2.05) is 25.6 Å². The fraction of sp³-hybridized carbons (Fsp3) is 0.667. The van der Waals surface area contributed by atoms with Gasteiger partial charge in [-0.25, -0.2) is 9.97 Å². The van der Waals surface area contributed by atoms with Crippen LogP contribution in [0, 0.1) is 6.92 Å². The molecule has 0 spiro atoms. The number of aryl methyl sites for hydroxylation is 1. The molecule has 0 N–H and O–H groups in total. The van der Waals surface area contributed by atoms with Crippen LogP contribution < -0.4 is 0 Å². The summed E-state index contributed by atoms with van der Waals surface area (Å²) in [5, 5.41) is 0. The van der Waals surface area contributed by atoms with Gasteiger partial charge in [0.25, 0.3) is 0 Å². The van der Waals surface area contributed by atoms with E-state index in [1.54, 1.807) is 0 Å².